The quantitative estimate of drug-likeness (QED) is 0.735. The Morgan fingerprint density at radius 1 is 1.00 bits per heavy atom. The average molecular weight is 321 g/mol. The number of aliphatic hydroxyl groups is 1. The van der Waals surface area contributed by atoms with Crippen LogP contribution in [-0.4, -0.2) is 23.8 Å². The van der Waals surface area contributed by atoms with Gasteiger partial charge < -0.3 is 16.2 Å². The number of hydrogen-bond acceptors (Lipinski definition) is 3. The number of hydrogen-bond donors (Lipinski definition) is 3. The summed E-state index contributed by atoms with van der Waals surface area (Å²) in [4.78, 5) is 0. The molecule has 2 aromatic rings. The number of aliphatic hydroxyl groups excluding tert-OH is 1. The van der Waals surface area contributed by atoms with E-state index in [9.17, 15) is 5.11 Å². The Labute approximate surface area is 139 Å². The van der Waals surface area contributed by atoms with E-state index in [1.165, 1.54) is 5.56 Å². The van der Waals surface area contributed by atoms with Crippen molar-refractivity contribution in [3.05, 3.63) is 71.8 Å². The van der Waals surface area contributed by atoms with Crippen molar-refractivity contribution in [3.8, 4) is 0 Å². The number of nitrogens with one attached hydrogen (secondary N) is 1. The van der Waals surface area contributed by atoms with Crippen LogP contribution in [0.2, 0.25) is 0 Å². The van der Waals surface area contributed by atoms with Gasteiger partial charge in [0.25, 0.3) is 0 Å². The van der Waals surface area contributed by atoms with Crippen molar-refractivity contribution in [2.24, 2.45) is 5.73 Å². The van der Waals surface area contributed by atoms with Gasteiger partial charge in [0.1, 0.15) is 0 Å². The van der Waals surface area contributed by atoms with E-state index in [1.54, 1.807) is 0 Å². The number of nitrogens with two attached hydrogens (primary N) is 1. The highest BCUT2D eigenvalue weighted by molar-refractivity contribution is 5.85. The van der Waals surface area contributed by atoms with Crippen LogP contribution in [0.4, 0.5) is 0 Å². The van der Waals surface area contributed by atoms with Crippen LogP contribution in [0.1, 0.15) is 24.1 Å². The predicted molar refractivity (Wildman–Crippen MR) is 94.2 cm³/mol. The molecule has 0 bridgehead atoms. The highest BCUT2D eigenvalue weighted by Gasteiger charge is 2.16. The molecule has 0 aliphatic carbocycles. The van der Waals surface area contributed by atoms with E-state index in [2.05, 4.69) is 24.4 Å². The molecule has 2 rings (SSSR count). The molecular weight excluding hydrogens is 296 g/mol. The second-order valence-corrected chi connectivity index (χ2v) is 5.46. The number of benzene rings is 2. The van der Waals surface area contributed by atoms with Crippen molar-refractivity contribution in [3.63, 3.8) is 0 Å². The van der Waals surface area contributed by atoms with Crippen molar-refractivity contribution in [2.45, 2.75) is 31.5 Å². The van der Waals surface area contributed by atoms with Crippen LogP contribution in [0.15, 0.2) is 60.7 Å². The van der Waals surface area contributed by atoms with E-state index in [-0.39, 0.29) is 24.5 Å². The maximum absolute atomic E-state index is 10.2. The summed E-state index contributed by atoms with van der Waals surface area (Å²) in [6.45, 7) is 2.58. The van der Waals surface area contributed by atoms with Gasteiger partial charge in [-0.05, 0) is 24.5 Å². The van der Waals surface area contributed by atoms with Gasteiger partial charge in [-0.3, -0.25) is 0 Å². The van der Waals surface area contributed by atoms with E-state index in [4.69, 9.17) is 5.73 Å². The molecule has 3 nitrogen and oxygen atoms in total. The van der Waals surface area contributed by atoms with Gasteiger partial charge in [-0.1, -0.05) is 60.7 Å². The molecular formula is C18H25ClN2O. The van der Waals surface area contributed by atoms with Gasteiger partial charge >= 0.3 is 0 Å². The maximum Gasteiger partial charge on any atom is 0.0818 e. The molecule has 22 heavy (non-hydrogen) atoms. The molecule has 4 heteroatoms. The van der Waals surface area contributed by atoms with Crippen LogP contribution >= 0.6 is 12.4 Å². The number of halogens is 1. The zero-order valence-corrected chi connectivity index (χ0v) is 13.7. The highest BCUT2D eigenvalue weighted by Crippen LogP contribution is 2.11. The minimum absolute atomic E-state index is 0. The molecule has 0 saturated heterocycles. The molecule has 0 radical (unpaired) electrons. The predicted octanol–water partition coefficient (Wildman–Crippen LogP) is 2.69. The summed E-state index contributed by atoms with van der Waals surface area (Å²) in [5, 5.41) is 13.5. The van der Waals surface area contributed by atoms with E-state index in [0.717, 1.165) is 5.56 Å². The largest absolute Gasteiger partial charge is 0.390 e. The molecule has 0 aliphatic heterocycles. The summed E-state index contributed by atoms with van der Waals surface area (Å²) in [6.07, 6.45) is 0.125. The van der Waals surface area contributed by atoms with Crippen molar-refractivity contribution in [1.29, 1.82) is 0 Å². The summed E-state index contributed by atoms with van der Waals surface area (Å²) in [6, 6.07) is 20.2. The second kappa shape index (κ2) is 9.59. The van der Waals surface area contributed by atoms with Gasteiger partial charge in [0, 0.05) is 18.6 Å². The molecule has 0 aromatic heterocycles. The molecule has 0 heterocycles. The van der Waals surface area contributed by atoms with Gasteiger partial charge in [0.05, 0.1) is 6.10 Å². The van der Waals surface area contributed by atoms with E-state index >= 15 is 0 Å². The van der Waals surface area contributed by atoms with Crippen molar-refractivity contribution in [2.75, 3.05) is 6.54 Å². The summed E-state index contributed by atoms with van der Waals surface area (Å²) < 4.78 is 0. The minimum Gasteiger partial charge on any atom is -0.390 e. The lowest BCUT2D eigenvalue weighted by Crippen LogP contribution is -2.43. The number of rotatable bonds is 7. The molecule has 0 spiro atoms. The van der Waals surface area contributed by atoms with Crippen LogP contribution in [0.25, 0.3) is 0 Å². The molecule has 0 saturated carbocycles. The van der Waals surface area contributed by atoms with E-state index in [0.29, 0.717) is 13.0 Å². The zero-order valence-electron chi connectivity index (χ0n) is 12.9. The van der Waals surface area contributed by atoms with E-state index < -0.39 is 6.10 Å². The lowest BCUT2D eigenvalue weighted by atomic mass is 10.0. The Kier molecular flexibility index (Phi) is 8.13. The van der Waals surface area contributed by atoms with Gasteiger partial charge in [-0.25, -0.2) is 0 Å². The van der Waals surface area contributed by atoms with Crippen LogP contribution in [-0.2, 0) is 6.42 Å². The lowest BCUT2D eigenvalue weighted by Gasteiger charge is -2.22. The molecule has 4 N–H and O–H groups in total. The third-order valence-corrected chi connectivity index (χ3v) is 3.74. The second-order valence-electron chi connectivity index (χ2n) is 5.46. The van der Waals surface area contributed by atoms with Gasteiger partial charge in [0.2, 0.25) is 0 Å². The summed E-state index contributed by atoms with van der Waals surface area (Å²) in [7, 11) is 0. The highest BCUT2D eigenvalue weighted by atomic mass is 35.5. The summed E-state index contributed by atoms with van der Waals surface area (Å²) >= 11 is 0. The SMILES string of the molecule is C[C@H](NC[C@@H](O)[C@@H](N)Cc1ccccc1)c1ccccc1.Cl. The third kappa shape index (κ3) is 5.78. The van der Waals surface area contributed by atoms with Crippen LogP contribution in [0.5, 0.6) is 0 Å². The molecule has 0 aliphatic rings. The average Bonchev–Trinajstić information content (AvgIpc) is 2.54. The van der Waals surface area contributed by atoms with Gasteiger partial charge in [0.15, 0.2) is 0 Å². The first-order valence-corrected chi connectivity index (χ1v) is 7.42. The van der Waals surface area contributed by atoms with Crippen molar-refractivity contribution < 1.29 is 5.11 Å². The molecule has 0 fully saturated rings. The fraction of sp³-hybridized carbons (Fsp3) is 0.333. The first kappa shape index (κ1) is 18.7. The monoisotopic (exact) mass is 320 g/mol. The van der Waals surface area contributed by atoms with Crippen molar-refractivity contribution >= 4 is 12.4 Å². The van der Waals surface area contributed by atoms with Crippen LogP contribution in [0, 0.1) is 0 Å². The first-order valence-electron chi connectivity index (χ1n) is 7.42. The normalized spacial score (nSPS) is 14.7. The first-order chi connectivity index (χ1) is 10.2. The van der Waals surface area contributed by atoms with Crippen LogP contribution in [0.3, 0.4) is 0 Å². The topological polar surface area (TPSA) is 58.3 Å². The van der Waals surface area contributed by atoms with Gasteiger partial charge in [-0.2, -0.15) is 0 Å². The summed E-state index contributed by atoms with van der Waals surface area (Å²) in [5.41, 5.74) is 8.45. The van der Waals surface area contributed by atoms with Crippen molar-refractivity contribution in [1.82, 2.24) is 5.32 Å². The van der Waals surface area contributed by atoms with Crippen LogP contribution < -0.4 is 11.1 Å². The third-order valence-electron chi connectivity index (χ3n) is 3.74. The van der Waals surface area contributed by atoms with E-state index in [1.807, 2.05) is 48.5 Å². The fourth-order valence-corrected chi connectivity index (χ4v) is 2.33. The fourth-order valence-electron chi connectivity index (χ4n) is 2.33. The Hall–Kier alpha value is -1.39. The Morgan fingerprint density at radius 2 is 1.55 bits per heavy atom. The Bertz CT molecular complexity index is 521. The molecule has 0 amide bonds. The van der Waals surface area contributed by atoms with Gasteiger partial charge in [-0.15, -0.1) is 12.4 Å². The smallest absolute Gasteiger partial charge is 0.0818 e. The summed E-state index contributed by atoms with van der Waals surface area (Å²) in [5.74, 6) is 0. The molecule has 120 valence electrons. The molecule has 2 aromatic carbocycles. The molecule has 3 atom stereocenters. The standard InChI is InChI=1S/C18H24N2O.ClH/c1-14(16-10-6-3-7-11-16)20-13-18(21)17(19)12-15-8-4-2-5-9-15;/h2-11,14,17-18,20-21H,12-13,19H2,1H3;1H/t14-,17-,18+;/m0./s1. The Morgan fingerprint density at radius 3 is 2.14 bits per heavy atom. The minimum atomic E-state index is -0.559. The lowest BCUT2D eigenvalue weighted by molar-refractivity contribution is 0.138. The molecule has 0 unspecified atom stereocenters. The maximum atomic E-state index is 10.2. The Balaban J connectivity index is 0.00000242. The zero-order chi connectivity index (χ0) is 15.1.